The second kappa shape index (κ2) is 5.93. The van der Waals surface area contributed by atoms with Gasteiger partial charge in [-0.2, -0.15) is 0 Å². The summed E-state index contributed by atoms with van der Waals surface area (Å²) >= 11 is 5.98. The SMILES string of the molecule is CC1(C)CCCC1NC(=O)Nc1cc(C(=O)O)ccc1Cl. The number of hydrogen-bond acceptors (Lipinski definition) is 2. The Morgan fingerprint density at radius 3 is 2.67 bits per heavy atom. The number of carbonyl (C=O) groups excluding carboxylic acids is 1. The van der Waals surface area contributed by atoms with Gasteiger partial charge in [-0.1, -0.05) is 31.9 Å². The van der Waals surface area contributed by atoms with Crippen LogP contribution in [0.1, 0.15) is 43.5 Å². The number of halogens is 1. The van der Waals surface area contributed by atoms with Crippen molar-refractivity contribution < 1.29 is 14.7 Å². The second-order valence-corrected chi connectivity index (χ2v) is 6.44. The first-order valence-corrected chi connectivity index (χ1v) is 7.28. The maximum absolute atomic E-state index is 12.1. The van der Waals surface area contributed by atoms with Crippen LogP contribution < -0.4 is 10.6 Å². The van der Waals surface area contributed by atoms with Crippen molar-refractivity contribution >= 4 is 29.3 Å². The third kappa shape index (κ3) is 3.67. The molecule has 0 spiro atoms. The number of anilines is 1. The van der Waals surface area contributed by atoms with Gasteiger partial charge in [0.05, 0.1) is 16.3 Å². The van der Waals surface area contributed by atoms with Gasteiger partial charge in [-0.3, -0.25) is 0 Å². The van der Waals surface area contributed by atoms with E-state index in [0.29, 0.717) is 10.7 Å². The van der Waals surface area contributed by atoms with Crippen LogP contribution in [0.15, 0.2) is 18.2 Å². The van der Waals surface area contributed by atoms with Crippen molar-refractivity contribution in [3.63, 3.8) is 0 Å². The number of carbonyl (C=O) groups is 2. The Labute approximate surface area is 128 Å². The van der Waals surface area contributed by atoms with E-state index < -0.39 is 5.97 Å². The van der Waals surface area contributed by atoms with E-state index in [9.17, 15) is 9.59 Å². The quantitative estimate of drug-likeness (QED) is 0.795. The number of rotatable bonds is 3. The Morgan fingerprint density at radius 2 is 2.10 bits per heavy atom. The zero-order valence-electron chi connectivity index (χ0n) is 12.1. The summed E-state index contributed by atoms with van der Waals surface area (Å²) in [6.07, 6.45) is 3.11. The fraction of sp³-hybridized carbons (Fsp3) is 0.467. The molecular formula is C15H19ClN2O3. The van der Waals surface area contributed by atoms with Crippen LogP contribution in [0.4, 0.5) is 10.5 Å². The van der Waals surface area contributed by atoms with E-state index in [1.165, 1.54) is 18.2 Å². The highest BCUT2D eigenvalue weighted by molar-refractivity contribution is 6.33. The van der Waals surface area contributed by atoms with Crippen molar-refractivity contribution in [2.45, 2.75) is 39.2 Å². The van der Waals surface area contributed by atoms with Crippen LogP contribution in [0.2, 0.25) is 5.02 Å². The standard InChI is InChI=1S/C15H19ClN2O3/c1-15(2)7-3-4-12(15)18-14(21)17-11-8-9(13(19)20)5-6-10(11)16/h5-6,8,12H,3-4,7H2,1-2H3,(H,19,20)(H2,17,18,21). The summed E-state index contributed by atoms with van der Waals surface area (Å²) in [5, 5.41) is 14.8. The second-order valence-electron chi connectivity index (χ2n) is 6.03. The molecule has 6 heteroatoms. The highest BCUT2D eigenvalue weighted by atomic mass is 35.5. The summed E-state index contributed by atoms with van der Waals surface area (Å²) in [6, 6.07) is 3.95. The molecule has 0 aromatic heterocycles. The van der Waals surface area contributed by atoms with Gasteiger partial charge in [-0.25, -0.2) is 9.59 Å². The molecule has 2 rings (SSSR count). The van der Waals surface area contributed by atoms with E-state index in [-0.39, 0.29) is 23.1 Å². The number of urea groups is 1. The van der Waals surface area contributed by atoms with Crippen molar-refractivity contribution in [3.05, 3.63) is 28.8 Å². The smallest absolute Gasteiger partial charge is 0.335 e. The number of amides is 2. The maximum Gasteiger partial charge on any atom is 0.335 e. The molecule has 114 valence electrons. The fourth-order valence-corrected chi connectivity index (χ4v) is 2.83. The van der Waals surface area contributed by atoms with Crippen molar-refractivity contribution in [1.29, 1.82) is 0 Å². The molecule has 1 saturated carbocycles. The van der Waals surface area contributed by atoms with Gasteiger partial charge in [0.2, 0.25) is 0 Å². The molecule has 1 aromatic carbocycles. The molecule has 0 bridgehead atoms. The van der Waals surface area contributed by atoms with E-state index >= 15 is 0 Å². The van der Waals surface area contributed by atoms with Gasteiger partial charge < -0.3 is 15.7 Å². The van der Waals surface area contributed by atoms with E-state index in [2.05, 4.69) is 24.5 Å². The minimum atomic E-state index is -1.06. The number of carboxylic acid groups (broad SMARTS) is 1. The molecule has 1 atom stereocenters. The van der Waals surface area contributed by atoms with Crippen molar-refractivity contribution in [2.75, 3.05) is 5.32 Å². The summed E-state index contributed by atoms with van der Waals surface area (Å²) in [5.74, 6) is -1.06. The lowest BCUT2D eigenvalue weighted by molar-refractivity contribution is 0.0697. The molecule has 21 heavy (non-hydrogen) atoms. The van der Waals surface area contributed by atoms with Crippen LogP contribution in [0, 0.1) is 5.41 Å². The highest BCUT2D eigenvalue weighted by Gasteiger charge is 2.35. The van der Waals surface area contributed by atoms with Crippen LogP contribution in [-0.2, 0) is 0 Å². The Bertz CT molecular complexity index is 572. The molecule has 1 unspecified atom stereocenters. The third-order valence-corrected chi connectivity index (χ3v) is 4.35. The molecule has 0 saturated heterocycles. The lowest BCUT2D eigenvalue weighted by atomic mass is 9.87. The Kier molecular flexibility index (Phi) is 4.42. The normalized spacial score (nSPS) is 20.0. The zero-order chi connectivity index (χ0) is 15.6. The molecule has 0 aliphatic heterocycles. The molecule has 5 nitrogen and oxygen atoms in total. The minimum absolute atomic E-state index is 0.0735. The number of hydrogen-bond donors (Lipinski definition) is 3. The molecule has 1 aliphatic rings. The average molecular weight is 311 g/mol. The van der Waals surface area contributed by atoms with Crippen molar-refractivity contribution in [1.82, 2.24) is 5.32 Å². The van der Waals surface area contributed by atoms with Gasteiger partial charge in [0.1, 0.15) is 0 Å². The van der Waals surface area contributed by atoms with Gasteiger partial charge in [-0.05, 0) is 36.5 Å². The van der Waals surface area contributed by atoms with E-state index in [1.54, 1.807) is 0 Å². The molecule has 1 fully saturated rings. The summed E-state index contributed by atoms with van der Waals surface area (Å²) in [6.45, 7) is 4.26. The van der Waals surface area contributed by atoms with Crippen LogP contribution in [0.5, 0.6) is 0 Å². The third-order valence-electron chi connectivity index (χ3n) is 4.02. The molecular weight excluding hydrogens is 292 g/mol. The maximum atomic E-state index is 12.1. The van der Waals surface area contributed by atoms with Gasteiger partial charge >= 0.3 is 12.0 Å². The molecule has 0 radical (unpaired) electrons. The fourth-order valence-electron chi connectivity index (χ4n) is 2.67. The Morgan fingerprint density at radius 1 is 1.38 bits per heavy atom. The van der Waals surface area contributed by atoms with Gasteiger partial charge in [-0.15, -0.1) is 0 Å². The highest BCUT2D eigenvalue weighted by Crippen LogP contribution is 2.37. The number of aromatic carboxylic acids is 1. The van der Waals surface area contributed by atoms with Gasteiger partial charge in [0.25, 0.3) is 0 Å². The lowest BCUT2D eigenvalue weighted by Crippen LogP contribution is -2.43. The predicted molar refractivity (Wildman–Crippen MR) is 82.0 cm³/mol. The van der Waals surface area contributed by atoms with Gasteiger partial charge in [0.15, 0.2) is 0 Å². The number of nitrogens with one attached hydrogen (secondary N) is 2. The largest absolute Gasteiger partial charge is 0.478 e. The summed E-state index contributed by atoms with van der Waals surface area (Å²) in [4.78, 5) is 23.0. The van der Waals surface area contributed by atoms with Crippen LogP contribution in [0.3, 0.4) is 0 Å². The van der Waals surface area contributed by atoms with Crippen molar-refractivity contribution in [2.24, 2.45) is 5.41 Å². The summed E-state index contributed by atoms with van der Waals surface area (Å²) < 4.78 is 0. The van der Waals surface area contributed by atoms with Crippen molar-refractivity contribution in [3.8, 4) is 0 Å². The monoisotopic (exact) mass is 310 g/mol. The molecule has 3 N–H and O–H groups in total. The lowest BCUT2D eigenvalue weighted by Gasteiger charge is -2.27. The summed E-state index contributed by atoms with van der Waals surface area (Å²) in [7, 11) is 0. The van der Waals surface area contributed by atoms with Crippen LogP contribution >= 0.6 is 11.6 Å². The molecule has 1 aromatic rings. The molecule has 1 aliphatic carbocycles. The number of carboxylic acids is 1. The van der Waals surface area contributed by atoms with Crippen LogP contribution in [-0.4, -0.2) is 23.1 Å². The van der Waals surface area contributed by atoms with Crippen LogP contribution in [0.25, 0.3) is 0 Å². The first kappa shape index (κ1) is 15.6. The Balaban J connectivity index is 2.06. The van der Waals surface area contributed by atoms with E-state index in [4.69, 9.17) is 16.7 Å². The minimum Gasteiger partial charge on any atom is -0.478 e. The molecule has 2 amide bonds. The average Bonchev–Trinajstić information content (AvgIpc) is 2.71. The summed E-state index contributed by atoms with van der Waals surface area (Å²) in [5.41, 5.74) is 0.449. The predicted octanol–water partition coefficient (Wildman–Crippen LogP) is 3.74. The van der Waals surface area contributed by atoms with E-state index in [1.807, 2.05) is 0 Å². The first-order chi connectivity index (χ1) is 9.79. The zero-order valence-corrected chi connectivity index (χ0v) is 12.8. The number of benzene rings is 1. The topological polar surface area (TPSA) is 78.4 Å². The van der Waals surface area contributed by atoms with Gasteiger partial charge in [0, 0.05) is 6.04 Å². The van der Waals surface area contributed by atoms with E-state index in [0.717, 1.165) is 19.3 Å². The Hall–Kier alpha value is -1.75. The first-order valence-electron chi connectivity index (χ1n) is 6.90. The molecule has 0 heterocycles.